The number of halogens is 1. The van der Waals surface area contributed by atoms with Crippen LogP contribution >= 0.6 is 15.9 Å². The third-order valence-electron chi connectivity index (χ3n) is 2.66. The van der Waals surface area contributed by atoms with E-state index in [0.29, 0.717) is 5.92 Å². The molecule has 0 fully saturated rings. The van der Waals surface area contributed by atoms with Gasteiger partial charge in [0, 0.05) is 11.3 Å². The highest BCUT2D eigenvalue weighted by Gasteiger charge is 2.05. The standard InChI is InChI=1S/C14H15BrN2/c1-9(2)11-4-6-12(7-5-11)14-16-10(3)8-13(15)17-14/h4-9H,1-3H3. The molecule has 2 aromatic rings. The summed E-state index contributed by atoms with van der Waals surface area (Å²) in [6, 6.07) is 10.3. The summed E-state index contributed by atoms with van der Waals surface area (Å²) in [5.74, 6) is 1.32. The smallest absolute Gasteiger partial charge is 0.160 e. The molecule has 1 aromatic carbocycles. The second-order valence-electron chi connectivity index (χ2n) is 4.43. The molecule has 0 spiro atoms. The number of hydrogen-bond donors (Lipinski definition) is 0. The van der Waals surface area contributed by atoms with Gasteiger partial charge in [-0.05, 0) is 40.4 Å². The Hall–Kier alpha value is -1.22. The summed E-state index contributed by atoms with van der Waals surface area (Å²) in [6.45, 7) is 6.35. The predicted molar refractivity (Wildman–Crippen MR) is 74.0 cm³/mol. The van der Waals surface area contributed by atoms with E-state index in [1.807, 2.05) is 13.0 Å². The average molecular weight is 291 g/mol. The Labute approximate surface area is 110 Å². The van der Waals surface area contributed by atoms with Crippen molar-refractivity contribution in [2.24, 2.45) is 0 Å². The van der Waals surface area contributed by atoms with Crippen molar-refractivity contribution in [3.05, 3.63) is 46.2 Å². The lowest BCUT2D eigenvalue weighted by atomic mass is 10.0. The molecule has 0 unspecified atom stereocenters. The number of hydrogen-bond acceptors (Lipinski definition) is 2. The van der Waals surface area contributed by atoms with Gasteiger partial charge in [0.15, 0.2) is 5.82 Å². The molecular formula is C14H15BrN2. The number of nitrogens with zero attached hydrogens (tertiary/aromatic N) is 2. The van der Waals surface area contributed by atoms with Crippen LogP contribution in [-0.4, -0.2) is 9.97 Å². The predicted octanol–water partition coefficient (Wildman–Crippen LogP) is 4.34. The molecule has 17 heavy (non-hydrogen) atoms. The van der Waals surface area contributed by atoms with Gasteiger partial charge in [0.05, 0.1) is 0 Å². The van der Waals surface area contributed by atoms with E-state index in [9.17, 15) is 0 Å². The normalized spacial score (nSPS) is 10.9. The van der Waals surface area contributed by atoms with Crippen molar-refractivity contribution in [2.75, 3.05) is 0 Å². The molecule has 2 nitrogen and oxygen atoms in total. The van der Waals surface area contributed by atoms with Crippen molar-refractivity contribution in [3.8, 4) is 11.4 Å². The lowest BCUT2D eigenvalue weighted by Crippen LogP contribution is -1.93. The summed E-state index contributed by atoms with van der Waals surface area (Å²) in [4.78, 5) is 8.82. The van der Waals surface area contributed by atoms with Gasteiger partial charge in [0.2, 0.25) is 0 Å². The molecule has 0 aliphatic heterocycles. The monoisotopic (exact) mass is 290 g/mol. The molecule has 1 aromatic heterocycles. The van der Waals surface area contributed by atoms with Crippen LogP contribution in [0.5, 0.6) is 0 Å². The summed E-state index contributed by atoms with van der Waals surface area (Å²) in [7, 11) is 0. The molecule has 0 saturated carbocycles. The molecule has 0 amide bonds. The zero-order valence-corrected chi connectivity index (χ0v) is 11.8. The first-order valence-corrected chi connectivity index (χ1v) is 6.47. The zero-order valence-electron chi connectivity index (χ0n) is 10.2. The van der Waals surface area contributed by atoms with Crippen LogP contribution < -0.4 is 0 Å². The van der Waals surface area contributed by atoms with Gasteiger partial charge < -0.3 is 0 Å². The molecule has 0 radical (unpaired) electrons. The van der Waals surface area contributed by atoms with Crippen LogP contribution in [0.15, 0.2) is 34.9 Å². The number of aromatic nitrogens is 2. The lowest BCUT2D eigenvalue weighted by Gasteiger charge is -2.07. The summed E-state index contributed by atoms with van der Waals surface area (Å²) in [5, 5.41) is 0. The molecule has 1 heterocycles. The second-order valence-corrected chi connectivity index (χ2v) is 5.24. The van der Waals surface area contributed by atoms with Gasteiger partial charge in [-0.3, -0.25) is 0 Å². The molecule has 0 aliphatic rings. The summed E-state index contributed by atoms with van der Waals surface area (Å²) < 4.78 is 0.827. The van der Waals surface area contributed by atoms with Crippen LogP contribution in [0.1, 0.15) is 31.0 Å². The minimum absolute atomic E-state index is 0.550. The fourth-order valence-electron chi connectivity index (χ4n) is 1.68. The Bertz CT molecular complexity index is 498. The summed E-state index contributed by atoms with van der Waals surface area (Å²) >= 11 is 3.40. The van der Waals surface area contributed by atoms with E-state index in [1.165, 1.54) is 5.56 Å². The minimum Gasteiger partial charge on any atom is -0.233 e. The van der Waals surface area contributed by atoms with Gasteiger partial charge in [-0.15, -0.1) is 0 Å². The van der Waals surface area contributed by atoms with Crippen LogP contribution in [0.3, 0.4) is 0 Å². The Morgan fingerprint density at radius 1 is 1.06 bits per heavy atom. The van der Waals surface area contributed by atoms with E-state index in [4.69, 9.17) is 0 Å². The molecule has 3 heteroatoms. The van der Waals surface area contributed by atoms with Crippen molar-refractivity contribution in [1.29, 1.82) is 0 Å². The largest absolute Gasteiger partial charge is 0.233 e. The highest BCUT2D eigenvalue weighted by atomic mass is 79.9. The van der Waals surface area contributed by atoms with E-state index in [-0.39, 0.29) is 0 Å². The highest BCUT2D eigenvalue weighted by Crippen LogP contribution is 2.21. The van der Waals surface area contributed by atoms with Gasteiger partial charge in [0.1, 0.15) is 4.60 Å². The first kappa shape index (κ1) is 12.2. The highest BCUT2D eigenvalue weighted by molar-refractivity contribution is 9.10. The summed E-state index contributed by atoms with van der Waals surface area (Å²) in [6.07, 6.45) is 0. The average Bonchev–Trinajstić information content (AvgIpc) is 2.28. The van der Waals surface area contributed by atoms with Crippen molar-refractivity contribution in [1.82, 2.24) is 9.97 Å². The van der Waals surface area contributed by atoms with E-state index >= 15 is 0 Å². The Morgan fingerprint density at radius 2 is 1.71 bits per heavy atom. The third-order valence-corrected chi connectivity index (χ3v) is 3.06. The van der Waals surface area contributed by atoms with E-state index in [1.54, 1.807) is 0 Å². The third kappa shape index (κ3) is 2.91. The van der Waals surface area contributed by atoms with E-state index in [0.717, 1.165) is 21.7 Å². The molecule has 0 aliphatic carbocycles. The minimum atomic E-state index is 0.550. The molecular weight excluding hydrogens is 276 g/mol. The molecule has 0 N–H and O–H groups in total. The number of rotatable bonds is 2. The summed E-state index contributed by atoms with van der Waals surface area (Å²) in [5.41, 5.74) is 3.36. The zero-order chi connectivity index (χ0) is 12.4. The van der Waals surface area contributed by atoms with E-state index < -0.39 is 0 Å². The number of benzene rings is 1. The fraction of sp³-hybridized carbons (Fsp3) is 0.286. The lowest BCUT2D eigenvalue weighted by molar-refractivity contribution is 0.867. The number of aryl methyl sites for hydroxylation is 1. The van der Waals surface area contributed by atoms with Crippen molar-refractivity contribution < 1.29 is 0 Å². The van der Waals surface area contributed by atoms with Crippen LogP contribution in [-0.2, 0) is 0 Å². The van der Waals surface area contributed by atoms with Crippen molar-refractivity contribution in [3.63, 3.8) is 0 Å². The Balaban J connectivity index is 2.39. The molecule has 0 saturated heterocycles. The molecule has 0 bridgehead atoms. The van der Waals surface area contributed by atoms with Crippen LogP contribution in [0, 0.1) is 6.92 Å². The molecule has 2 rings (SSSR count). The topological polar surface area (TPSA) is 25.8 Å². The Kier molecular flexibility index (Phi) is 3.57. The fourth-order valence-corrected chi connectivity index (χ4v) is 2.18. The van der Waals surface area contributed by atoms with E-state index in [2.05, 4.69) is 64.0 Å². The first-order chi connectivity index (χ1) is 8.06. The van der Waals surface area contributed by atoms with Crippen LogP contribution in [0.25, 0.3) is 11.4 Å². The van der Waals surface area contributed by atoms with Gasteiger partial charge >= 0.3 is 0 Å². The van der Waals surface area contributed by atoms with Crippen LogP contribution in [0.4, 0.5) is 0 Å². The van der Waals surface area contributed by atoms with Crippen molar-refractivity contribution >= 4 is 15.9 Å². The van der Waals surface area contributed by atoms with Crippen molar-refractivity contribution in [2.45, 2.75) is 26.7 Å². The van der Waals surface area contributed by atoms with Crippen LogP contribution in [0.2, 0.25) is 0 Å². The first-order valence-electron chi connectivity index (χ1n) is 5.68. The van der Waals surface area contributed by atoms with Gasteiger partial charge in [-0.2, -0.15) is 0 Å². The van der Waals surface area contributed by atoms with Gasteiger partial charge in [-0.25, -0.2) is 9.97 Å². The Morgan fingerprint density at radius 3 is 2.24 bits per heavy atom. The van der Waals surface area contributed by atoms with Gasteiger partial charge in [0.25, 0.3) is 0 Å². The molecule has 88 valence electrons. The maximum Gasteiger partial charge on any atom is 0.160 e. The maximum atomic E-state index is 4.44. The quantitative estimate of drug-likeness (QED) is 0.769. The second kappa shape index (κ2) is 4.96. The SMILES string of the molecule is Cc1cc(Br)nc(-c2ccc(C(C)C)cc2)n1. The maximum absolute atomic E-state index is 4.44. The molecule has 0 atom stereocenters. The van der Waals surface area contributed by atoms with Gasteiger partial charge in [-0.1, -0.05) is 38.1 Å².